The lowest BCUT2D eigenvalue weighted by molar-refractivity contribution is -0.188. The Morgan fingerprint density at radius 2 is 1.59 bits per heavy atom. The smallest absolute Gasteiger partial charge is 0.407 e. The number of esters is 2. The molecule has 0 bridgehead atoms. The summed E-state index contributed by atoms with van der Waals surface area (Å²) in [5, 5.41) is 27.6. The molecule has 0 aliphatic carbocycles. The minimum absolute atomic E-state index is 0.0835. The van der Waals surface area contributed by atoms with Gasteiger partial charge in [-0.25, -0.2) is 14.6 Å². The van der Waals surface area contributed by atoms with Gasteiger partial charge in [-0.2, -0.15) is 0 Å². The van der Waals surface area contributed by atoms with Crippen molar-refractivity contribution in [2.45, 2.75) is 103 Å². The Bertz CT molecular complexity index is 3260. The van der Waals surface area contributed by atoms with E-state index in [9.17, 15) is 43.5 Å². The number of rotatable bonds is 31. The minimum atomic E-state index is -2.02. The molecule has 6 N–H and O–H groups in total. The van der Waals surface area contributed by atoms with Crippen molar-refractivity contribution in [1.29, 1.82) is 0 Å². The van der Waals surface area contributed by atoms with Gasteiger partial charge in [-0.15, -0.1) is 0 Å². The van der Waals surface area contributed by atoms with E-state index in [-0.39, 0.29) is 89.0 Å². The Morgan fingerprint density at radius 3 is 2.33 bits per heavy atom. The van der Waals surface area contributed by atoms with E-state index in [0.717, 1.165) is 34.9 Å². The number of anilines is 1. The van der Waals surface area contributed by atoms with Gasteiger partial charge in [0, 0.05) is 46.6 Å². The predicted molar refractivity (Wildman–Crippen MR) is 300 cm³/mol. The molecular formula is C58H68N10O15. The van der Waals surface area contributed by atoms with E-state index in [0.29, 0.717) is 47.4 Å². The number of cyclic esters (lactones) is 1. The van der Waals surface area contributed by atoms with Gasteiger partial charge in [-0.1, -0.05) is 87.6 Å². The van der Waals surface area contributed by atoms with E-state index in [2.05, 4.69) is 36.6 Å². The molecule has 2 aliphatic rings. The number of phenols is 1. The number of carbonyl (C=O) groups excluding carboxylic acids is 7. The molecule has 5 aromatic rings. The van der Waals surface area contributed by atoms with Crippen molar-refractivity contribution >= 4 is 58.3 Å². The molecule has 5 amide bonds. The molecule has 440 valence electrons. The average molecular weight is 1150 g/mol. The molecule has 2 unspecified atom stereocenters. The fourth-order valence-electron chi connectivity index (χ4n) is 9.66. The third-order valence-electron chi connectivity index (χ3n) is 13.8. The number of alkyl carbamates (subject to hydrolysis) is 1. The van der Waals surface area contributed by atoms with Gasteiger partial charge in [0.25, 0.3) is 5.56 Å². The second-order valence-corrected chi connectivity index (χ2v) is 19.5. The number of benzene rings is 3. The second kappa shape index (κ2) is 30.2. The number of nitrogens with zero attached hydrogens (tertiary/aromatic N) is 5. The quantitative estimate of drug-likeness (QED) is 0.00830. The molecule has 0 saturated carbocycles. The Morgan fingerprint density at radius 1 is 0.831 bits per heavy atom. The Labute approximate surface area is 477 Å². The number of fused-ring (bicyclic) bond motifs is 5. The zero-order valence-electron chi connectivity index (χ0n) is 46.5. The van der Waals surface area contributed by atoms with Crippen LogP contribution in [-0.2, 0) is 95.4 Å². The molecule has 7 rings (SSSR count). The van der Waals surface area contributed by atoms with Crippen LogP contribution in [0.5, 0.6) is 5.75 Å². The van der Waals surface area contributed by atoms with E-state index >= 15 is 0 Å². The molecular weight excluding hydrogens is 1080 g/mol. The lowest BCUT2D eigenvalue weighted by Gasteiger charge is -2.35. The standard InChI is InChI=1S/C58H68N10O15/c1-4-7-9-14-46(66-54(74)47(27-36-12-10-8-11-13-36)64-50(71)35-80-34-49(70)60-21-23-78-25-26-79-24-22-62-67-59)53(73)63-38-17-15-37(16-18-38)32-82-57(77)61-30-51(72)83-58(6-3)44-29-48-52-42(31-68(48)55(75)43(44)33-81-56(58)76)40(5-2)41-28-39(69)19-20-45(41)65-52/h8,10-13,15-20,28-29,46-47,69H,4-7,9,14,21-27,30-35H2,1-3H3,(H,60,70)(H,61,77)(H,63,73)(H,64,71)(H,66,74)/t46?,47?,58-/m0/s1. The lowest BCUT2D eigenvalue weighted by Crippen LogP contribution is -2.54. The second-order valence-electron chi connectivity index (χ2n) is 19.5. The van der Waals surface area contributed by atoms with Crippen molar-refractivity contribution < 1.29 is 67.1 Å². The van der Waals surface area contributed by atoms with E-state index in [1.165, 1.54) is 6.07 Å². The number of ether oxygens (including phenoxy) is 6. The van der Waals surface area contributed by atoms with Gasteiger partial charge in [0.05, 0.1) is 55.4 Å². The summed E-state index contributed by atoms with van der Waals surface area (Å²) < 4.78 is 34.1. The highest BCUT2D eigenvalue weighted by molar-refractivity contribution is 5.99. The molecule has 83 heavy (non-hydrogen) atoms. The third kappa shape index (κ3) is 16.4. The number of nitrogens with one attached hydrogen (secondary N) is 5. The van der Waals surface area contributed by atoms with Gasteiger partial charge in [-0.3, -0.25) is 28.8 Å². The van der Waals surface area contributed by atoms with Crippen LogP contribution in [0.2, 0.25) is 0 Å². The van der Waals surface area contributed by atoms with E-state index in [1.54, 1.807) is 78.2 Å². The number of phenolic OH excluding ortho intramolecular Hbond substituents is 1. The highest BCUT2D eigenvalue weighted by Crippen LogP contribution is 2.42. The van der Waals surface area contributed by atoms with Crippen LogP contribution >= 0.6 is 0 Å². The van der Waals surface area contributed by atoms with Gasteiger partial charge in [0.2, 0.25) is 29.2 Å². The molecule has 25 nitrogen and oxygen atoms in total. The number of azide groups is 1. The topological polar surface area (TPSA) is 339 Å². The van der Waals surface area contributed by atoms with Crippen LogP contribution in [0, 0.1) is 0 Å². The van der Waals surface area contributed by atoms with Gasteiger partial charge in [0.15, 0.2) is 0 Å². The third-order valence-corrected chi connectivity index (χ3v) is 13.8. The first-order valence-corrected chi connectivity index (χ1v) is 27.4. The average Bonchev–Trinajstić information content (AvgIpc) is 2.06. The predicted octanol–water partition coefficient (Wildman–Crippen LogP) is 5.03. The maximum absolute atomic E-state index is 14.1. The maximum Gasteiger partial charge on any atom is 0.407 e. The van der Waals surface area contributed by atoms with Crippen LogP contribution in [0.3, 0.4) is 0 Å². The molecule has 2 aromatic heterocycles. The number of hydrogen-bond acceptors (Lipinski definition) is 17. The molecule has 0 fully saturated rings. The van der Waals surface area contributed by atoms with Gasteiger partial charge >= 0.3 is 18.0 Å². The summed E-state index contributed by atoms with van der Waals surface area (Å²) in [5.41, 5.74) is 11.1. The highest BCUT2D eigenvalue weighted by atomic mass is 16.6. The van der Waals surface area contributed by atoms with Crippen molar-refractivity contribution in [2.24, 2.45) is 5.11 Å². The van der Waals surface area contributed by atoms with E-state index in [1.807, 2.05) is 19.9 Å². The van der Waals surface area contributed by atoms with Gasteiger partial charge < -0.3 is 64.7 Å². The molecule has 3 atom stereocenters. The molecule has 3 aromatic carbocycles. The van der Waals surface area contributed by atoms with Crippen LogP contribution < -0.4 is 32.1 Å². The normalized spacial score (nSPS) is 14.6. The van der Waals surface area contributed by atoms with Crippen molar-refractivity contribution in [2.75, 3.05) is 64.6 Å². The number of amides is 5. The van der Waals surface area contributed by atoms with Crippen LogP contribution in [0.1, 0.15) is 86.3 Å². The fourth-order valence-corrected chi connectivity index (χ4v) is 9.66. The van der Waals surface area contributed by atoms with Crippen molar-refractivity contribution in [3.63, 3.8) is 0 Å². The van der Waals surface area contributed by atoms with E-state index in [4.69, 9.17) is 38.9 Å². The summed E-state index contributed by atoms with van der Waals surface area (Å²) in [6.45, 7) is 4.97. The Balaban J connectivity index is 0.895. The number of aryl methyl sites for hydroxylation is 1. The molecule has 0 radical (unpaired) electrons. The van der Waals surface area contributed by atoms with Crippen molar-refractivity contribution in [3.8, 4) is 17.1 Å². The summed E-state index contributed by atoms with van der Waals surface area (Å²) in [5.74, 6) is -4.07. The molecule has 0 saturated heterocycles. The summed E-state index contributed by atoms with van der Waals surface area (Å²) in [6, 6.07) is 19.7. The number of unbranched alkanes of at least 4 members (excludes halogenated alkanes) is 2. The molecule has 4 heterocycles. The summed E-state index contributed by atoms with van der Waals surface area (Å²) in [4.78, 5) is 115. The SMILES string of the molecule is CCCCCC(NC(=O)C(Cc1ccccc1)NC(=O)COCC(=O)NCCOCCOCCN=[N+]=[N-])C(=O)Nc1ccc(COC(=O)NCC(=O)O[C@]2(CC)C(=O)OCc3c2cc2n(c3=O)Cc3c-2nc2ccc(O)cc2c3CC)cc1. The maximum atomic E-state index is 14.1. The number of pyridine rings is 2. The molecule has 0 spiro atoms. The minimum Gasteiger partial charge on any atom is -0.508 e. The number of hydrogen-bond donors (Lipinski definition) is 6. The lowest BCUT2D eigenvalue weighted by atomic mass is 9.85. The molecule has 2 aliphatic heterocycles. The van der Waals surface area contributed by atoms with Crippen LogP contribution in [0.15, 0.2) is 88.8 Å². The largest absolute Gasteiger partial charge is 0.508 e. The van der Waals surface area contributed by atoms with Crippen LogP contribution in [0.25, 0.3) is 32.7 Å². The van der Waals surface area contributed by atoms with Crippen LogP contribution in [0.4, 0.5) is 10.5 Å². The Kier molecular flexibility index (Phi) is 22.5. The highest BCUT2D eigenvalue weighted by Gasteiger charge is 2.50. The van der Waals surface area contributed by atoms with Crippen LogP contribution in [-0.4, -0.2) is 128 Å². The number of aromatic hydroxyl groups is 1. The number of aromatic nitrogens is 2. The first-order chi connectivity index (χ1) is 40.2. The van der Waals surface area contributed by atoms with Gasteiger partial charge in [-0.05, 0) is 77.9 Å². The zero-order chi connectivity index (χ0) is 59.3. The zero-order valence-corrected chi connectivity index (χ0v) is 46.5. The summed E-state index contributed by atoms with van der Waals surface area (Å²) in [6.07, 6.45) is 2.14. The summed E-state index contributed by atoms with van der Waals surface area (Å²) in [7, 11) is 0. The first kappa shape index (κ1) is 61.7. The summed E-state index contributed by atoms with van der Waals surface area (Å²) >= 11 is 0. The van der Waals surface area contributed by atoms with Crippen molar-refractivity contribution in [1.82, 2.24) is 30.8 Å². The fraction of sp³-hybridized carbons (Fsp3) is 0.431. The Hall–Kier alpha value is -8.90. The van der Waals surface area contributed by atoms with Gasteiger partial charge in [0.1, 0.15) is 50.8 Å². The monoisotopic (exact) mass is 1140 g/mol. The van der Waals surface area contributed by atoms with Crippen molar-refractivity contribution in [3.05, 3.63) is 133 Å². The number of carbonyl (C=O) groups is 7. The van der Waals surface area contributed by atoms with E-state index < -0.39 is 84.7 Å². The molecule has 25 heteroatoms. The first-order valence-electron chi connectivity index (χ1n) is 27.4.